The quantitative estimate of drug-likeness (QED) is 0.845. The van der Waals surface area contributed by atoms with Crippen LogP contribution in [0.4, 0.5) is 5.82 Å². The monoisotopic (exact) mass is 262 g/mol. The second kappa shape index (κ2) is 5.74. The van der Waals surface area contributed by atoms with Gasteiger partial charge in [-0.2, -0.15) is 0 Å². The maximum absolute atomic E-state index is 5.82. The van der Waals surface area contributed by atoms with Crippen LogP contribution in [0.15, 0.2) is 42.6 Å². The number of pyridine rings is 1. The summed E-state index contributed by atoms with van der Waals surface area (Å²) in [5.41, 5.74) is 1.08. The third kappa shape index (κ3) is 3.37. The lowest BCUT2D eigenvalue weighted by Gasteiger charge is -2.11. The molecule has 0 aliphatic rings. The SMILES string of the molecule is CN(C)c1ccc(OCc2ccc(Cl)cc2)cn1. The maximum Gasteiger partial charge on any atom is 0.138 e. The molecular formula is C14H15ClN2O. The van der Waals surface area contributed by atoms with E-state index in [0.29, 0.717) is 6.61 Å². The van der Waals surface area contributed by atoms with Gasteiger partial charge in [-0.1, -0.05) is 23.7 Å². The van der Waals surface area contributed by atoms with Crippen molar-refractivity contribution in [1.82, 2.24) is 4.98 Å². The van der Waals surface area contributed by atoms with Gasteiger partial charge in [-0.15, -0.1) is 0 Å². The Hall–Kier alpha value is -1.74. The first-order chi connectivity index (χ1) is 8.65. The van der Waals surface area contributed by atoms with E-state index in [1.807, 2.05) is 55.4 Å². The fourth-order valence-electron chi connectivity index (χ4n) is 1.47. The largest absolute Gasteiger partial charge is 0.487 e. The molecule has 1 heterocycles. The van der Waals surface area contributed by atoms with Crippen LogP contribution in [0, 0.1) is 0 Å². The number of rotatable bonds is 4. The van der Waals surface area contributed by atoms with Crippen LogP contribution in [-0.2, 0) is 6.61 Å². The highest BCUT2D eigenvalue weighted by Gasteiger charge is 1.99. The molecule has 0 fully saturated rings. The van der Waals surface area contributed by atoms with E-state index < -0.39 is 0 Å². The number of hydrogen-bond donors (Lipinski definition) is 0. The predicted molar refractivity (Wildman–Crippen MR) is 74.3 cm³/mol. The van der Waals surface area contributed by atoms with E-state index in [1.165, 1.54) is 0 Å². The third-order valence-electron chi connectivity index (χ3n) is 2.50. The molecule has 0 saturated carbocycles. The van der Waals surface area contributed by atoms with Crippen LogP contribution in [0.25, 0.3) is 0 Å². The lowest BCUT2D eigenvalue weighted by Crippen LogP contribution is -2.10. The molecule has 18 heavy (non-hydrogen) atoms. The van der Waals surface area contributed by atoms with Crippen LogP contribution in [0.3, 0.4) is 0 Å². The molecule has 4 heteroatoms. The van der Waals surface area contributed by atoms with E-state index in [-0.39, 0.29) is 0 Å². The van der Waals surface area contributed by atoms with Crippen LogP contribution >= 0.6 is 11.6 Å². The molecule has 0 aliphatic carbocycles. The minimum absolute atomic E-state index is 0.514. The molecule has 1 aromatic heterocycles. The Bertz CT molecular complexity index is 494. The zero-order chi connectivity index (χ0) is 13.0. The second-order valence-electron chi connectivity index (χ2n) is 4.16. The van der Waals surface area contributed by atoms with Crippen LogP contribution in [0.1, 0.15) is 5.56 Å². The van der Waals surface area contributed by atoms with Crippen molar-refractivity contribution < 1.29 is 4.74 Å². The number of hydrogen-bond acceptors (Lipinski definition) is 3. The summed E-state index contributed by atoms with van der Waals surface area (Å²) >= 11 is 5.82. The van der Waals surface area contributed by atoms with Crippen molar-refractivity contribution in [2.75, 3.05) is 19.0 Å². The first-order valence-corrected chi connectivity index (χ1v) is 6.03. The number of nitrogens with zero attached hydrogens (tertiary/aromatic N) is 2. The molecule has 0 atom stereocenters. The Morgan fingerprint density at radius 3 is 2.39 bits per heavy atom. The fourth-order valence-corrected chi connectivity index (χ4v) is 1.60. The number of aromatic nitrogens is 1. The highest BCUT2D eigenvalue weighted by Crippen LogP contribution is 2.16. The molecule has 0 N–H and O–H groups in total. The second-order valence-corrected chi connectivity index (χ2v) is 4.60. The van der Waals surface area contributed by atoms with Gasteiger partial charge in [0.25, 0.3) is 0 Å². The van der Waals surface area contributed by atoms with Crippen molar-refractivity contribution in [3.63, 3.8) is 0 Å². The highest BCUT2D eigenvalue weighted by atomic mass is 35.5. The molecule has 0 spiro atoms. The van der Waals surface area contributed by atoms with Crippen molar-refractivity contribution in [3.8, 4) is 5.75 Å². The standard InChI is InChI=1S/C14H15ClN2O/c1-17(2)14-8-7-13(9-16-14)18-10-11-3-5-12(15)6-4-11/h3-9H,10H2,1-2H3. The lowest BCUT2D eigenvalue weighted by molar-refractivity contribution is 0.305. The van der Waals surface area contributed by atoms with E-state index in [0.717, 1.165) is 22.2 Å². The van der Waals surface area contributed by atoms with Gasteiger partial charge in [-0.25, -0.2) is 4.98 Å². The summed E-state index contributed by atoms with van der Waals surface area (Å²) in [5.74, 6) is 1.67. The zero-order valence-corrected chi connectivity index (χ0v) is 11.2. The summed E-state index contributed by atoms with van der Waals surface area (Å²) < 4.78 is 5.64. The molecule has 3 nitrogen and oxygen atoms in total. The fraction of sp³-hybridized carbons (Fsp3) is 0.214. The molecule has 0 aliphatic heterocycles. The molecule has 2 aromatic rings. The molecule has 0 amide bonds. The maximum atomic E-state index is 5.82. The van der Waals surface area contributed by atoms with Gasteiger partial charge in [0.2, 0.25) is 0 Å². The van der Waals surface area contributed by atoms with Crippen LogP contribution in [0.2, 0.25) is 5.02 Å². The van der Waals surface area contributed by atoms with Crippen molar-refractivity contribution in [3.05, 3.63) is 53.2 Å². The molecule has 0 bridgehead atoms. The van der Waals surface area contributed by atoms with Gasteiger partial charge in [0.05, 0.1) is 6.20 Å². The van der Waals surface area contributed by atoms with E-state index in [9.17, 15) is 0 Å². The molecule has 0 saturated heterocycles. The third-order valence-corrected chi connectivity index (χ3v) is 2.75. The number of anilines is 1. The zero-order valence-electron chi connectivity index (χ0n) is 10.4. The Kier molecular flexibility index (Phi) is 4.05. The molecule has 0 radical (unpaired) electrons. The Morgan fingerprint density at radius 1 is 1.11 bits per heavy atom. The summed E-state index contributed by atoms with van der Waals surface area (Å²) in [4.78, 5) is 6.23. The topological polar surface area (TPSA) is 25.4 Å². The minimum Gasteiger partial charge on any atom is -0.487 e. The first-order valence-electron chi connectivity index (χ1n) is 5.66. The van der Waals surface area contributed by atoms with Crippen LogP contribution in [-0.4, -0.2) is 19.1 Å². The normalized spacial score (nSPS) is 10.2. The molecule has 2 rings (SSSR count). The highest BCUT2D eigenvalue weighted by molar-refractivity contribution is 6.30. The summed E-state index contributed by atoms with van der Waals surface area (Å²) in [7, 11) is 3.91. The molecule has 1 aromatic carbocycles. The lowest BCUT2D eigenvalue weighted by atomic mass is 10.2. The average molecular weight is 263 g/mol. The molecule has 0 unspecified atom stereocenters. The summed E-state index contributed by atoms with van der Waals surface area (Å²) in [5, 5.41) is 0.732. The van der Waals surface area contributed by atoms with Crippen LogP contribution < -0.4 is 9.64 Å². The molecule has 94 valence electrons. The first kappa shape index (κ1) is 12.7. The van der Waals surface area contributed by atoms with E-state index in [1.54, 1.807) is 6.20 Å². The number of halogens is 1. The molecular weight excluding hydrogens is 248 g/mol. The van der Waals surface area contributed by atoms with E-state index in [2.05, 4.69) is 4.98 Å². The predicted octanol–water partition coefficient (Wildman–Crippen LogP) is 3.38. The number of ether oxygens (including phenoxy) is 1. The van der Waals surface area contributed by atoms with Crippen LogP contribution in [0.5, 0.6) is 5.75 Å². The number of benzene rings is 1. The summed E-state index contributed by atoms with van der Waals surface area (Å²) in [6, 6.07) is 11.4. The van der Waals surface area contributed by atoms with Gasteiger partial charge < -0.3 is 9.64 Å². The average Bonchev–Trinajstić information content (AvgIpc) is 2.38. The Labute approximate surface area is 112 Å². The smallest absolute Gasteiger partial charge is 0.138 e. The minimum atomic E-state index is 0.514. The van der Waals surface area contributed by atoms with Crippen molar-refractivity contribution in [1.29, 1.82) is 0 Å². The van der Waals surface area contributed by atoms with Crippen molar-refractivity contribution in [2.24, 2.45) is 0 Å². The van der Waals surface area contributed by atoms with Crippen molar-refractivity contribution in [2.45, 2.75) is 6.61 Å². The Balaban J connectivity index is 1.95. The summed E-state index contributed by atoms with van der Waals surface area (Å²) in [6.07, 6.45) is 1.73. The van der Waals surface area contributed by atoms with Gasteiger partial charge in [-0.05, 0) is 29.8 Å². The van der Waals surface area contributed by atoms with E-state index >= 15 is 0 Å². The van der Waals surface area contributed by atoms with Crippen molar-refractivity contribution >= 4 is 17.4 Å². The van der Waals surface area contributed by atoms with Gasteiger partial charge >= 0.3 is 0 Å². The Morgan fingerprint density at radius 2 is 1.83 bits per heavy atom. The van der Waals surface area contributed by atoms with Gasteiger partial charge in [0.15, 0.2) is 0 Å². The van der Waals surface area contributed by atoms with E-state index in [4.69, 9.17) is 16.3 Å². The van der Waals surface area contributed by atoms with Gasteiger partial charge in [0.1, 0.15) is 18.2 Å². The summed E-state index contributed by atoms with van der Waals surface area (Å²) in [6.45, 7) is 0.514. The van der Waals surface area contributed by atoms with Gasteiger partial charge in [-0.3, -0.25) is 0 Å². The van der Waals surface area contributed by atoms with Gasteiger partial charge in [0, 0.05) is 19.1 Å².